The van der Waals surface area contributed by atoms with Crippen LogP contribution in [0.3, 0.4) is 0 Å². The van der Waals surface area contributed by atoms with Gasteiger partial charge in [0.1, 0.15) is 0 Å². The molecule has 1 aliphatic rings. The Morgan fingerprint density at radius 3 is 2.37 bits per heavy atom. The SMILES string of the molecule is CCN(CC)c1ccc(S(=O)(=O)N(CC)CC)cc1NC(=O)CN1CCC(CO)C1. The first-order valence-electron chi connectivity index (χ1n) is 10.8. The Kier molecular flexibility index (Phi) is 9.09. The van der Waals surface area contributed by atoms with Crippen LogP contribution in [0.5, 0.6) is 0 Å². The third-order valence-corrected chi connectivity index (χ3v) is 7.73. The number of benzene rings is 1. The number of aliphatic hydroxyl groups is 1. The van der Waals surface area contributed by atoms with Crippen molar-refractivity contribution >= 4 is 27.3 Å². The van der Waals surface area contributed by atoms with E-state index in [9.17, 15) is 18.3 Å². The molecule has 1 fully saturated rings. The fourth-order valence-corrected chi connectivity index (χ4v) is 5.41. The molecule has 170 valence electrons. The van der Waals surface area contributed by atoms with Crippen molar-refractivity contribution in [3.8, 4) is 0 Å². The fraction of sp³-hybridized carbons (Fsp3) is 0.667. The molecule has 1 aromatic rings. The highest BCUT2D eigenvalue weighted by Crippen LogP contribution is 2.30. The number of hydrogen-bond donors (Lipinski definition) is 2. The minimum atomic E-state index is -3.62. The lowest BCUT2D eigenvalue weighted by atomic mass is 10.1. The van der Waals surface area contributed by atoms with Gasteiger partial charge in [-0.05, 0) is 50.9 Å². The Balaban J connectivity index is 2.30. The van der Waals surface area contributed by atoms with E-state index in [2.05, 4.69) is 10.2 Å². The third-order valence-electron chi connectivity index (χ3n) is 5.68. The molecule has 2 rings (SSSR count). The van der Waals surface area contributed by atoms with Crippen LogP contribution >= 0.6 is 0 Å². The van der Waals surface area contributed by atoms with E-state index in [4.69, 9.17) is 0 Å². The summed E-state index contributed by atoms with van der Waals surface area (Å²) < 4.78 is 27.3. The van der Waals surface area contributed by atoms with E-state index in [1.807, 2.05) is 32.6 Å². The molecule has 1 heterocycles. The summed E-state index contributed by atoms with van der Waals surface area (Å²) in [6.07, 6.45) is 0.881. The number of rotatable bonds is 11. The number of likely N-dealkylation sites (tertiary alicyclic amines) is 1. The fourth-order valence-electron chi connectivity index (χ4n) is 3.93. The van der Waals surface area contributed by atoms with Crippen LogP contribution in [0, 0.1) is 5.92 Å². The summed E-state index contributed by atoms with van der Waals surface area (Å²) in [5, 5.41) is 12.2. The summed E-state index contributed by atoms with van der Waals surface area (Å²) >= 11 is 0. The smallest absolute Gasteiger partial charge is 0.243 e. The minimum Gasteiger partial charge on any atom is -0.396 e. The van der Waals surface area contributed by atoms with Crippen molar-refractivity contribution in [1.82, 2.24) is 9.21 Å². The number of aliphatic hydroxyl groups excluding tert-OH is 1. The highest BCUT2D eigenvalue weighted by atomic mass is 32.2. The van der Waals surface area contributed by atoms with Gasteiger partial charge in [0.2, 0.25) is 15.9 Å². The largest absolute Gasteiger partial charge is 0.396 e. The molecule has 0 spiro atoms. The molecule has 1 unspecified atom stereocenters. The van der Waals surface area contributed by atoms with Gasteiger partial charge >= 0.3 is 0 Å². The number of sulfonamides is 1. The molecule has 1 saturated heterocycles. The number of nitrogens with one attached hydrogen (secondary N) is 1. The summed E-state index contributed by atoms with van der Waals surface area (Å²) in [4.78, 5) is 17.0. The molecule has 9 heteroatoms. The van der Waals surface area contributed by atoms with Gasteiger partial charge in [-0.15, -0.1) is 0 Å². The zero-order chi connectivity index (χ0) is 22.3. The molecule has 1 atom stereocenters. The molecule has 0 bridgehead atoms. The van der Waals surface area contributed by atoms with Gasteiger partial charge in [0, 0.05) is 39.3 Å². The highest BCUT2D eigenvalue weighted by Gasteiger charge is 2.26. The van der Waals surface area contributed by atoms with E-state index in [-0.39, 0.29) is 29.9 Å². The summed E-state index contributed by atoms with van der Waals surface area (Å²) in [6.45, 7) is 11.8. The van der Waals surface area contributed by atoms with Crippen molar-refractivity contribution in [3.05, 3.63) is 18.2 Å². The van der Waals surface area contributed by atoms with Gasteiger partial charge in [-0.25, -0.2) is 8.42 Å². The van der Waals surface area contributed by atoms with Crippen LogP contribution < -0.4 is 10.2 Å². The van der Waals surface area contributed by atoms with Crippen LogP contribution in [0.2, 0.25) is 0 Å². The topological polar surface area (TPSA) is 93.2 Å². The zero-order valence-electron chi connectivity index (χ0n) is 18.6. The molecule has 2 N–H and O–H groups in total. The van der Waals surface area contributed by atoms with Gasteiger partial charge in [-0.2, -0.15) is 4.31 Å². The first-order chi connectivity index (χ1) is 14.3. The lowest BCUT2D eigenvalue weighted by Gasteiger charge is -2.26. The second kappa shape index (κ2) is 11.1. The van der Waals surface area contributed by atoms with Gasteiger partial charge in [-0.1, -0.05) is 13.8 Å². The van der Waals surface area contributed by atoms with Crippen molar-refractivity contribution < 1.29 is 18.3 Å². The molecule has 0 aliphatic carbocycles. The average Bonchev–Trinajstić information content (AvgIpc) is 3.17. The lowest BCUT2D eigenvalue weighted by Crippen LogP contribution is -2.33. The van der Waals surface area contributed by atoms with Crippen LogP contribution in [0.1, 0.15) is 34.1 Å². The number of carbonyl (C=O) groups is 1. The Morgan fingerprint density at radius 2 is 1.83 bits per heavy atom. The first-order valence-corrected chi connectivity index (χ1v) is 12.3. The number of carbonyl (C=O) groups excluding carboxylic acids is 1. The molecule has 1 aliphatic heterocycles. The lowest BCUT2D eigenvalue weighted by molar-refractivity contribution is -0.117. The van der Waals surface area contributed by atoms with Gasteiger partial charge in [0.05, 0.1) is 22.8 Å². The van der Waals surface area contributed by atoms with E-state index < -0.39 is 10.0 Å². The van der Waals surface area contributed by atoms with E-state index in [0.29, 0.717) is 25.3 Å². The Bertz CT molecular complexity index is 807. The number of amides is 1. The summed E-state index contributed by atoms with van der Waals surface area (Å²) in [6, 6.07) is 4.96. The molecular weight excluding hydrogens is 404 g/mol. The minimum absolute atomic E-state index is 0.134. The summed E-state index contributed by atoms with van der Waals surface area (Å²) in [5.41, 5.74) is 1.32. The van der Waals surface area contributed by atoms with Crippen LogP contribution in [0.15, 0.2) is 23.1 Å². The zero-order valence-corrected chi connectivity index (χ0v) is 19.4. The predicted octanol–water partition coefficient (Wildman–Crippen LogP) is 1.82. The monoisotopic (exact) mass is 440 g/mol. The third kappa shape index (κ3) is 5.72. The van der Waals surface area contributed by atoms with Crippen LogP contribution in [0.25, 0.3) is 0 Å². The van der Waals surface area contributed by atoms with Crippen molar-refractivity contribution in [1.29, 1.82) is 0 Å². The molecule has 1 aromatic carbocycles. The highest BCUT2D eigenvalue weighted by molar-refractivity contribution is 7.89. The van der Waals surface area contributed by atoms with Gasteiger partial charge in [-0.3, -0.25) is 9.69 Å². The molecule has 8 nitrogen and oxygen atoms in total. The van der Waals surface area contributed by atoms with E-state index in [1.165, 1.54) is 4.31 Å². The van der Waals surface area contributed by atoms with Crippen LogP contribution in [0.4, 0.5) is 11.4 Å². The molecule has 30 heavy (non-hydrogen) atoms. The van der Waals surface area contributed by atoms with Gasteiger partial charge in [0.25, 0.3) is 0 Å². The van der Waals surface area contributed by atoms with E-state index in [0.717, 1.165) is 31.7 Å². The summed E-state index contributed by atoms with van der Waals surface area (Å²) in [7, 11) is -3.62. The predicted molar refractivity (Wildman–Crippen MR) is 120 cm³/mol. The van der Waals surface area contributed by atoms with E-state index >= 15 is 0 Å². The van der Waals surface area contributed by atoms with E-state index in [1.54, 1.807) is 18.2 Å². The number of hydrogen-bond acceptors (Lipinski definition) is 6. The van der Waals surface area contributed by atoms with Crippen LogP contribution in [-0.2, 0) is 14.8 Å². The normalized spacial score (nSPS) is 17.5. The maximum Gasteiger partial charge on any atom is 0.243 e. The second-order valence-corrected chi connectivity index (χ2v) is 9.50. The van der Waals surface area contributed by atoms with Crippen molar-refractivity contribution in [2.75, 3.05) is 62.6 Å². The van der Waals surface area contributed by atoms with Crippen molar-refractivity contribution in [2.24, 2.45) is 5.92 Å². The molecule has 1 amide bonds. The molecule has 0 radical (unpaired) electrons. The van der Waals surface area contributed by atoms with Crippen molar-refractivity contribution in [2.45, 2.75) is 39.0 Å². The Labute approximate surface area is 180 Å². The molecule has 0 saturated carbocycles. The Hall–Kier alpha value is -1.68. The maximum atomic E-state index is 13.0. The van der Waals surface area contributed by atoms with Crippen LogP contribution in [-0.4, -0.2) is 81.1 Å². The first kappa shape index (κ1) is 24.6. The van der Waals surface area contributed by atoms with Gasteiger partial charge in [0.15, 0.2) is 0 Å². The molecular formula is C21H36N4O4S. The quantitative estimate of drug-likeness (QED) is 0.545. The standard InChI is InChI=1S/C21H36N4O4S/c1-5-24(6-2)20-10-9-18(30(28,29)25(7-3)8-4)13-19(20)22-21(27)15-23-12-11-17(14-23)16-26/h9-10,13,17,26H,5-8,11-12,14-16H2,1-4H3,(H,22,27). The second-order valence-electron chi connectivity index (χ2n) is 7.56. The maximum absolute atomic E-state index is 13.0. The van der Waals surface area contributed by atoms with Crippen molar-refractivity contribution in [3.63, 3.8) is 0 Å². The number of anilines is 2. The molecule has 0 aromatic heterocycles. The summed E-state index contributed by atoms with van der Waals surface area (Å²) in [5.74, 6) is 0.0333. The van der Waals surface area contributed by atoms with Gasteiger partial charge < -0.3 is 15.3 Å². The number of nitrogens with zero attached hydrogens (tertiary/aromatic N) is 3. The Morgan fingerprint density at radius 1 is 1.17 bits per heavy atom. The average molecular weight is 441 g/mol.